The number of carbonyl (C=O) groups excluding carboxylic acids is 2. The number of hydrogen-bond donors (Lipinski definition) is 3. The molecule has 2 heterocycles. The van der Waals surface area contributed by atoms with Crippen LogP contribution >= 0.6 is 0 Å². The molecular weight excluding hydrogens is 440 g/mol. The number of aryl methyl sites for hydroxylation is 2. The predicted octanol–water partition coefficient (Wildman–Crippen LogP) is 4.55. The number of nitrogens with zero attached hydrogens (tertiary/aromatic N) is 3. The minimum atomic E-state index is -0.195. The highest BCUT2D eigenvalue weighted by molar-refractivity contribution is 6.05. The van der Waals surface area contributed by atoms with Crippen LogP contribution in [0.15, 0.2) is 79.1 Å². The number of nitrogens with one attached hydrogen (secondary N) is 3. The summed E-state index contributed by atoms with van der Waals surface area (Å²) in [5, 5.41) is 10.1. The number of aromatic amines is 1. The third-order valence-electron chi connectivity index (χ3n) is 5.72. The molecule has 0 radical (unpaired) electrons. The van der Waals surface area contributed by atoms with E-state index in [1.54, 1.807) is 41.3 Å². The maximum atomic E-state index is 12.6. The van der Waals surface area contributed by atoms with Gasteiger partial charge in [0.25, 0.3) is 11.8 Å². The second-order valence-corrected chi connectivity index (χ2v) is 8.38. The second-order valence-electron chi connectivity index (χ2n) is 8.38. The summed E-state index contributed by atoms with van der Waals surface area (Å²) >= 11 is 0. The van der Waals surface area contributed by atoms with E-state index in [0.717, 1.165) is 27.8 Å². The van der Waals surface area contributed by atoms with E-state index in [2.05, 4.69) is 25.7 Å². The molecule has 0 bridgehead atoms. The van der Waals surface area contributed by atoms with Crippen LogP contribution in [-0.2, 0) is 6.54 Å². The Morgan fingerprint density at radius 3 is 2.54 bits per heavy atom. The lowest BCUT2D eigenvalue weighted by Crippen LogP contribution is -2.23. The number of rotatable bonds is 6. The summed E-state index contributed by atoms with van der Waals surface area (Å²) in [4.78, 5) is 32.9. The quantitative estimate of drug-likeness (QED) is 0.343. The molecule has 8 heteroatoms. The van der Waals surface area contributed by atoms with Gasteiger partial charge in [-0.3, -0.25) is 9.59 Å². The topological polar surface area (TPSA) is 105 Å². The zero-order chi connectivity index (χ0) is 24.4. The summed E-state index contributed by atoms with van der Waals surface area (Å²) in [5.41, 5.74) is 6.34. The zero-order valence-electron chi connectivity index (χ0n) is 19.4. The van der Waals surface area contributed by atoms with Crippen molar-refractivity contribution in [3.05, 3.63) is 107 Å². The van der Waals surface area contributed by atoms with E-state index in [4.69, 9.17) is 0 Å². The zero-order valence-corrected chi connectivity index (χ0v) is 19.4. The van der Waals surface area contributed by atoms with Gasteiger partial charge < -0.3 is 15.6 Å². The lowest BCUT2D eigenvalue weighted by atomic mass is 10.1. The number of benzene rings is 3. The fraction of sp³-hybridized carbons (Fsp3) is 0.111. The van der Waals surface area contributed by atoms with Crippen LogP contribution in [0.5, 0.6) is 0 Å². The summed E-state index contributed by atoms with van der Waals surface area (Å²) in [6.07, 6.45) is 3.33. The van der Waals surface area contributed by atoms with Crippen LogP contribution in [0.1, 0.15) is 37.7 Å². The first-order chi connectivity index (χ1) is 17.0. The normalized spacial score (nSPS) is 10.9. The highest BCUT2D eigenvalue weighted by Crippen LogP contribution is 2.16. The number of H-pyrrole nitrogens is 1. The van der Waals surface area contributed by atoms with Gasteiger partial charge in [-0.05, 0) is 61.9 Å². The number of imidazole rings is 1. The third-order valence-corrected chi connectivity index (χ3v) is 5.72. The summed E-state index contributed by atoms with van der Waals surface area (Å²) in [5.74, 6) is 0.320. The lowest BCUT2D eigenvalue weighted by Gasteiger charge is -2.07. The van der Waals surface area contributed by atoms with Crippen LogP contribution < -0.4 is 10.6 Å². The van der Waals surface area contributed by atoms with Gasteiger partial charge in [-0.25, -0.2) is 9.67 Å². The standard InChI is InChI=1S/C27H24N6O2/c1-17-7-12-22(18(2)13-17)27(35)30-20-14-29-33(16-20)21-10-8-19(9-11-21)26(34)28-15-25-31-23-5-3-4-6-24(23)32-25/h3-14,16H,15H2,1-2H3,(H,28,34)(H,30,35)(H,31,32). The molecule has 5 aromatic rings. The van der Waals surface area contributed by atoms with Gasteiger partial charge in [0.1, 0.15) is 5.82 Å². The van der Waals surface area contributed by atoms with E-state index in [1.165, 1.54) is 0 Å². The van der Waals surface area contributed by atoms with E-state index < -0.39 is 0 Å². The number of aromatic nitrogens is 4. The first-order valence-corrected chi connectivity index (χ1v) is 11.2. The van der Waals surface area contributed by atoms with Crippen LogP contribution in [-0.4, -0.2) is 31.6 Å². The number of fused-ring (bicyclic) bond motifs is 1. The van der Waals surface area contributed by atoms with Crippen LogP contribution in [0.2, 0.25) is 0 Å². The van der Waals surface area contributed by atoms with Gasteiger partial charge >= 0.3 is 0 Å². The van der Waals surface area contributed by atoms with Crippen molar-refractivity contribution >= 4 is 28.5 Å². The molecule has 0 atom stereocenters. The van der Waals surface area contributed by atoms with Crippen molar-refractivity contribution in [1.29, 1.82) is 0 Å². The highest BCUT2D eigenvalue weighted by atomic mass is 16.2. The van der Waals surface area contributed by atoms with E-state index in [1.807, 2.05) is 56.3 Å². The van der Waals surface area contributed by atoms with Gasteiger partial charge in [0.15, 0.2) is 0 Å². The average Bonchev–Trinajstić information content (AvgIpc) is 3.49. The molecule has 2 amide bonds. The molecule has 0 saturated heterocycles. The molecule has 3 aromatic carbocycles. The first-order valence-electron chi connectivity index (χ1n) is 11.2. The van der Waals surface area contributed by atoms with E-state index in [0.29, 0.717) is 29.2 Å². The average molecular weight is 465 g/mol. The maximum absolute atomic E-state index is 12.6. The van der Waals surface area contributed by atoms with E-state index in [-0.39, 0.29) is 11.8 Å². The molecule has 0 aliphatic heterocycles. The van der Waals surface area contributed by atoms with Crippen molar-refractivity contribution in [3.63, 3.8) is 0 Å². The van der Waals surface area contributed by atoms with Gasteiger partial charge in [0.2, 0.25) is 0 Å². The Morgan fingerprint density at radius 2 is 1.77 bits per heavy atom. The minimum Gasteiger partial charge on any atom is -0.345 e. The van der Waals surface area contributed by atoms with E-state index in [9.17, 15) is 9.59 Å². The van der Waals surface area contributed by atoms with Gasteiger partial charge in [-0.2, -0.15) is 5.10 Å². The van der Waals surface area contributed by atoms with E-state index >= 15 is 0 Å². The minimum absolute atomic E-state index is 0.182. The molecule has 0 saturated carbocycles. The summed E-state index contributed by atoms with van der Waals surface area (Å²) in [6, 6.07) is 20.5. The molecule has 3 N–H and O–H groups in total. The van der Waals surface area contributed by atoms with Crippen LogP contribution in [0.4, 0.5) is 5.69 Å². The van der Waals surface area contributed by atoms with Gasteiger partial charge in [0, 0.05) is 11.1 Å². The molecule has 5 rings (SSSR count). The fourth-order valence-electron chi connectivity index (χ4n) is 3.92. The Bertz CT molecular complexity index is 1500. The number of para-hydroxylation sites is 2. The van der Waals surface area contributed by atoms with Crippen LogP contribution in [0, 0.1) is 13.8 Å². The smallest absolute Gasteiger partial charge is 0.256 e. The summed E-state index contributed by atoms with van der Waals surface area (Å²) in [7, 11) is 0. The SMILES string of the molecule is Cc1ccc(C(=O)Nc2cnn(-c3ccc(C(=O)NCc4nc5ccccc5[nH]4)cc3)c2)c(C)c1. The Morgan fingerprint density at radius 1 is 0.971 bits per heavy atom. The van der Waals surface area contributed by atoms with Crippen LogP contribution in [0.25, 0.3) is 16.7 Å². The van der Waals surface area contributed by atoms with Crippen molar-refractivity contribution < 1.29 is 9.59 Å². The summed E-state index contributed by atoms with van der Waals surface area (Å²) < 4.78 is 1.65. The predicted molar refractivity (Wildman–Crippen MR) is 135 cm³/mol. The van der Waals surface area contributed by atoms with Crippen molar-refractivity contribution in [3.8, 4) is 5.69 Å². The fourth-order valence-corrected chi connectivity index (χ4v) is 3.92. The molecule has 0 aliphatic rings. The van der Waals surface area contributed by atoms with Crippen molar-refractivity contribution in [1.82, 2.24) is 25.1 Å². The lowest BCUT2D eigenvalue weighted by molar-refractivity contribution is 0.0949. The molecule has 8 nitrogen and oxygen atoms in total. The molecule has 35 heavy (non-hydrogen) atoms. The monoisotopic (exact) mass is 464 g/mol. The summed E-state index contributed by atoms with van der Waals surface area (Å²) in [6.45, 7) is 4.21. The molecule has 0 unspecified atom stereocenters. The van der Waals surface area contributed by atoms with Crippen molar-refractivity contribution in [2.45, 2.75) is 20.4 Å². The largest absolute Gasteiger partial charge is 0.345 e. The molecule has 0 spiro atoms. The highest BCUT2D eigenvalue weighted by Gasteiger charge is 2.12. The molecule has 0 fully saturated rings. The second kappa shape index (κ2) is 9.26. The van der Waals surface area contributed by atoms with Crippen molar-refractivity contribution in [2.24, 2.45) is 0 Å². The number of anilines is 1. The Balaban J connectivity index is 1.21. The molecule has 0 aliphatic carbocycles. The Hall–Kier alpha value is -4.72. The van der Waals surface area contributed by atoms with Gasteiger partial charge in [0.05, 0.1) is 41.3 Å². The number of carbonyl (C=O) groups is 2. The Kier molecular flexibility index (Phi) is 5.85. The van der Waals surface area contributed by atoms with Crippen molar-refractivity contribution in [2.75, 3.05) is 5.32 Å². The maximum Gasteiger partial charge on any atom is 0.256 e. The number of hydrogen-bond acceptors (Lipinski definition) is 4. The first kappa shape index (κ1) is 22.1. The number of amides is 2. The van der Waals surface area contributed by atoms with Gasteiger partial charge in [-0.1, -0.05) is 29.8 Å². The van der Waals surface area contributed by atoms with Gasteiger partial charge in [-0.15, -0.1) is 0 Å². The molecular formula is C27H24N6O2. The third kappa shape index (κ3) is 4.81. The van der Waals surface area contributed by atoms with Crippen LogP contribution in [0.3, 0.4) is 0 Å². The Labute approximate surface area is 202 Å². The molecule has 174 valence electrons. The molecule has 2 aromatic heterocycles.